The molecule has 2 aromatic rings. The molecule has 0 aromatic heterocycles. The summed E-state index contributed by atoms with van der Waals surface area (Å²) in [6.07, 6.45) is 1.92. The predicted molar refractivity (Wildman–Crippen MR) is 113 cm³/mol. The molecule has 1 fully saturated rings. The largest absolute Gasteiger partial charge is 0.486 e. The van der Waals surface area contributed by atoms with Gasteiger partial charge < -0.3 is 14.4 Å². The molecule has 0 radical (unpaired) electrons. The molecular formula is C23H24FNO3S. The van der Waals surface area contributed by atoms with Crippen LogP contribution in [0.25, 0.3) is 4.91 Å². The number of nitrogens with zero attached hydrogens (tertiary/aromatic N) is 1. The first-order valence-electron chi connectivity index (χ1n) is 9.91. The highest BCUT2D eigenvalue weighted by Gasteiger charge is 2.30. The molecule has 2 aliphatic heterocycles. The van der Waals surface area contributed by atoms with Crippen molar-refractivity contribution in [1.82, 2.24) is 4.90 Å². The van der Waals surface area contributed by atoms with Crippen molar-refractivity contribution >= 4 is 22.6 Å². The Labute approximate surface area is 174 Å². The monoisotopic (exact) mass is 413 g/mol. The van der Waals surface area contributed by atoms with Crippen LogP contribution in [0.2, 0.25) is 0 Å². The normalized spacial score (nSPS) is 19.1. The smallest absolute Gasteiger partial charge is 0.290 e. The number of thioether (sulfide) groups is 1. The molecule has 0 bridgehead atoms. The zero-order valence-electron chi connectivity index (χ0n) is 16.2. The molecule has 1 atom stereocenters. The first kappa shape index (κ1) is 20.0. The van der Waals surface area contributed by atoms with Gasteiger partial charge in [-0.2, -0.15) is 0 Å². The third-order valence-corrected chi connectivity index (χ3v) is 6.09. The van der Waals surface area contributed by atoms with E-state index >= 15 is 0 Å². The van der Waals surface area contributed by atoms with Gasteiger partial charge >= 0.3 is 0 Å². The molecule has 6 heteroatoms. The first-order chi connectivity index (χ1) is 14.2. The van der Waals surface area contributed by atoms with E-state index in [0.29, 0.717) is 25.5 Å². The summed E-state index contributed by atoms with van der Waals surface area (Å²) in [6.45, 7) is 2.00. The van der Waals surface area contributed by atoms with E-state index in [0.717, 1.165) is 41.2 Å². The second-order valence-corrected chi connectivity index (χ2v) is 8.28. The summed E-state index contributed by atoms with van der Waals surface area (Å²) in [5.41, 5.74) is 1.73. The van der Waals surface area contributed by atoms with Crippen molar-refractivity contribution in [2.75, 3.05) is 25.5 Å². The van der Waals surface area contributed by atoms with Crippen LogP contribution in [0.3, 0.4) is 0 Å². The Balaban J connectivity index is 1.64. The molecular weight excluding hydrogens is 389 g/mol. The Hall–Kier alpha value is -2.31. The number of benzene rings is 2. The number of hydrogen-bond donors (Lipinski definition) is 0. The number of carbonyl (C=O) groups excluding carboxylic acids is 1. The highest BCUT2D eigenvalue weighted by Crippen LogP contribution is 2.35. The number of hydrogen-bond acceptors (Lipinski definition) is 4. The van der Waals surface area contributed by atoms with Gasteiger partial charge in [-0.3, -0.25) is 4.79 Å². The summed E-state index contributed by atoms with van der Waals surface area (Å²) < 4.78 is 25.3. The number of carbonyl (C=O) groups is 1. The van der Waals surface area contributed by atoms with E-state index in [9.17, 15) is 9.18 Å². The molecule has 0 unspecified atom stereocenters. The van der Waals surface area contributed by atoms with Gasteiger partial charge in [0.2, 0.25) is 0 Å². The Bertz CT molecular complexity index is 881. The van der Waals surface area contributed by atoms with Crippen LogP contribution in [-0.4, -0.2) is 42.4 Å². The zero-order chi connectivity index (χ0) is 20.1. The molecule has 29 heavy (non-hydrogen) atoms. The first-order valence-corrected chi connectivity index (χ1v) is 10.9. The molecule has 1 amide bonds. The molecule has 4 nitrogen and oxygen atoms in total. The number of amides is 1. The van der Waals surface area contributed by atoms with Crippen LogP contribution in [0, 0.1) is 5.82 Å². The molecule has 2 aliphatic rings. The molecule has 2 aromatic carbocycles. The minimum atomic E-state index is -0.305. The second-order valence-electron chi connectivity index (χ2n) is 7.17. The second kappa shape index (κ2) is 9.46. The molecule has 0 spiro atoms. The van der Waals surface area contributed by atoms with Crippen LogP contribution in [-0.2, 0) is 20.8 Å². The minimum absolute atomic E-state index is 0.00419. The van der Waals surface area contributed by atoms with E-state index in [4.69, 9.17) is 9.47 Å². The lowest BCUT2D eigenvalue weighted by atomic mass is 10.1. The van der Waals surface area contributed by atoms with Gasteiger partial charge in [0.15, 0.2) is 5.76 Å². The van der Waals surface area contributed by atoms with Crippen LogP contribution in [0.5, 0.6) is 0 Å². The lowest BCUT2D eigenvalue weighted by Crippen LogP contribution is -2.39. The summed E-state index contributed by atoms with van der Waals surface area (Å²) in [4.78, 5) is 16.1. The maximum Gasteiger partial charge on any atom is 0.290 e. The van der Waals surface area contributed by atoms with E-state index in [1.165, 1.54) is 12.1 Å². The standard InChI is InChI=1S/C23H24FNO3S/c24-19-9-4-6-17(14-19)15-25(16-20-10-5-11-27-20)23(26)21-22(29-13-12-28-21)18-7-2-1-3-8-18/h1-4,6-9,14,20H,5,10-13,15-16H2/t20-/m1/s1. The summed E-state index contributed by atoms with van der Waals surface area (Å²) >= 11 is 1.64. The minimum Gasteiger partial charge on any atom is -0.486 e. The predicted octanol–water partition coefficient (Wildman–Crippen LogP) is 4.47. The average Bonchev–Trinajstić information content (AvgIpc) is 3.27. The fourth-order valence-electron chi connectivity index (χ4n) is 3.63. The van der Waals surface area contributed by atoms with Crippen LogP contribution in [0.4, 0.5) is 4.39 Å². The number of ether oxygens (including phenoxy) is 2. The van der Waals surface area contributed by atoms with Crippen LogP contribution < -0.4 is 0 Å². The lowest BCUT2D eigenvalue weighted by Gasteiger charge is -2.29. The van der Waals surface area contributed by atoms with Gasteiger partial charge in [-0.05, 0) is 36.1 Å². The van der Waals surface area contributed by atoms with E-state index in [1.54, 1.807) is 22.7 Å². The van der Waals surface area contributed by atoms with Crippen LogP contribution in [0.15, 0.2) is 60.4 Å². The van der Waals surface area contributed by atoms with E-state index in [2.05, 4.69) is 0 Å². The number of rotatable bonds is 6. The SMILES string of the molecule is O=C(C1=C(c2ccccc2)SCCO1)N(Cc1cccc(F)c1)C[C@H]1CCCO1. The molecule has 0 saturated carbocycles. The van der Waals surface area contributed by atoms with Gasteiger partial charge in [-0.25, -0.2) is 4.39 Å². The zero-order valence-corrected chi connectivity index (χ0v) is 17.0. The third-order valence-electron chi connectivity index (χ3n) is 5.01. The van der Waals surface area contributed by atoms with Gasteiger partial charge in [0.1, 0.15) is 5.82 Å². The van der Waals surface area contributed by atoms with Crippen LogP contribution in [0.1, 0.15) is 24.0 Å². The van der Waals surface area contributed by atoms with E-state index in [1.807, 2.05) is 36.4 Å². The maximum absolute atomic E-state index is 13.7. The van der Waals surface area contributed by atoms with Gasteiger partial charge in [-0.15, -0.1) is 11.8 Å². The topological polar surface area (TPSA) is 38.8 Å². The van der Waals surface area contributed by atoms with Crippen molar-refractivity contribution in [1.29, 1.82) is 0 Å². The maximum atomic E-state index is 13.7. The summed E-state index contributed by atoms with van der Waals surface area (Å²) in [6, 6.07) is 16.2. The van der Waals surface area contributed by atoms with E-state index < -0.39 is 0 Å². The molecule has 0 aliphatic carbocycles. The average molecular weight is 414 g/mol. The quantitative estimate of drug-likeness (QED) is 0.701. The summed E-state index contributed by atoms with van der Waals surface area (Å²) in [5, 5.41) is 0. The molecule has 4 rings (SSSR count). The van der Waals surface area contributed by atoms with Gasteiger partial charge in [0, 0.05) is 25.4 Å². The Kier molecular flexibility index (Phi) is 6.52. The van der Waals surface area contributed by atoms with Gasteiger partial charge in [-0.1, -0.05) is 42.5 Å². The highest BCUT2D eigenvalue weighted by molar-refractivity contribution is 8.08. The Morgan fingerprint density at radius 3 is 2.76 bits per heavy atom. The fraction of sp³-hybridized carbons (Fsp3) is 0.348. The fourth-order valence-corrected chi connectivity index (χ4v) is 4.58. The van der Waals surface area contributed by atoms with Crippen molar-refractivity contribution in [3.05, 3.63) is 77.3 Å². The summed E-state index contributed by atoms with van der Waals surface area (Å²) in [7, 11) is 0. The molecule has 152 valence electrons. The lowest BCUT2D eigenvalue weighted by molar-refractivity contribution is -0.132. The highest BCUT2D eigenvalue weighted by atomic mass is 32.2. The van der Waals surface area contributed by atoms with Crippen LogP contribution >= 0.6 is 11.8 Å². The molecule has 0 N–H and O–H groups in total. The van der Waals surface area contributed by atoms with Gasteiger partial charge in [0.05, 0.1) is 17.6 Å². The Morgan fingerprint density at radius 1 is 1.14 bits per heavy atom. The number of halogens is 1. The third kappa shape index (κ3) is 5.00. The van der Waals surface area contributed by atoms with Crippen molar-refractivity contribution in [3.8, 4) is 0 Å². The summed E-state index contributed by atoms with van der Waals surface area (Å²) in [5.74, 6) is 0.703. The Morgan fingerprint density at radius 2 is 2.00 bits per heavy atom. The van der Waals surface area contributed by atoms with Crippen molar-refractivity contribution in [3.63, 3.8) is 0 Å². The van der Waals surface area contributed by atoms with Crippen molar-refractivity contribution in [2.24, 2.45) is 0 Å². The molecule has 1 saturated heterocycles. The van der Waals surface area contributed by atoms with Crippen molar-refractivity contribution < 1.29 is 18.7 Å². The van der Waals surface area contributed by atoms with E-state index in [-0.39, 0.29) is 17.8 Å². The van der Waals surface area contributed by atoms with Gasteiger partial charge in [0.25, 0.3) is 5.91 Å². The molecule has 2 heterocycles. The van der Waals surface area contributed by atoms with Crippen molar-refractivity contribution in [2.45, 2.75) is 25.5 Å².